The molecule has 0 bridgehead atoms. The molecule has 0 saturated carbocycles. The van der Waals surface area contributed by atoms with Gasteiger partial charge in [-0.15, -0.1) is 11.3 Å². The van der Waals surface area contributed by atoms with Crippen molar-refractivity contribution in [3.8, 4) is 0 Å². The fourth-order valence-corrected chi connectivity index (χ4v) is 3.78. The number of nitrogens with one attached hydrogen (secondary N) is 2. The van der Waals surface area contributed by atoms with Crippen LogP contribution in [0.2, 0.25) is 10.0 Å². The summed E-state index contributed by atoms with van der Waals surface area (Å²) in [6, 6.07) is 14.3. The third-order valence-electron chi connectivity index (χ3n) is 3.36. The molecule has 1 heterocycles. The summed E-state index contributed by atoms with van der Waals surface area (Å²) < 4.78 is 1.04. The summed E-state index contributed by atoms with van der Waals surface area (Å²) in [5, 5.41) is 1.85. The molecular weight excluding hydrogens is 379 g/mol. The molecule has 0 fully saturated rings. The number of fused-ring (bicyclic) bond motifs is 1. The number of carbonyl (C=O) groups excluding carboxylic acids is 2. The number of thiophene rings is 1. The summed E-state index contributed by atoms with van der Waals surface area (Å²) in [6.45, 7) is 0. The van der Waals surface area contributed by atoms with Crippen molar-refractivity contribution < 1.29 is 9.59 Å². The zero-order valence-electron chi connectivity index (χ0n) is 12.8. The molecule has 1 aromatic heterocycles. The monoisotopic (exact) mass is 390 g/mol. The van der Waals surface area contributed by atoms with Gasteiger partial charge in [0.05, 0.1) is 15.6 Å². The van der Waals surface area contributed by atoms with Crippen LogP contribution in [-0.2, 0) is 4.79 Å². The lowest BCUT2D eigenvalue weighted by atomic mass is 10.2. The van der Waals surface area contributed by atoms with Crippen LogP contribution in [-0.4, -0.2) is 11.8 Å². The second kappa shape index (κ2) is 7.70. The van der Waals surface area contributed by atoms with Crippen molar-refractivity contribution in [1.29, 1.82) is 0 Å². The van der Waals surface area contributed by atoms with E-state index >= 15 is 0 Å². The number of halogens is 2. The maximum Gasteiger partial charge on any atom is 0.271 e. The molecule has 3 rings (SSSR count). The van der Waals surface area contributed by atoms with E-state index in [4.69, 9.17) is 23.2 Å². The van der Waals surface area contributed by atoms with Gasteiger partial charge in [0.25, 0.3) is 11.8 Å². The van der Waals surface area contributed by atoms with E-state index in [9.17, 15) is 9.59 Å². The average molecular weight is 391 g/mol. The fourth-order valence-electron chi connectivity index (χ4n) is 2.16. The molecule has 4 nitrogen and oxygen atoms in total. The van der Waals surface area contributed by atoms with Gasteiger partial charge in [-0.25, -0.2) is 0 Å². The predicted molar refractivity (Wildman–Crippen MR) is 103 cm³/mol. The molecule has 0 aliphatic rings. The van der Waals surface area contributed by atoms with Crippen LogP contribution in [0.25, 0.3) is 16.2 Å². The lowest BCUT2D eigenvalue weighted by Gasteiger charge is -2.06. The SMILES string of the molecule is O=C(/C=C/c1sc2ccccc2c1Cl)NNC(=O)c1ccccc1Cl. The first-order valence-corrected chi connectivity index (χ1v) is 8.83. The van der Waals surface area contributed by atoms with Gasteiger partial charge in [0.2, 0.25) is 0 Å². The van der Waals surface area contributed by atoms with Crippen LogP contribution in [0.15, 0.2) is 54.6 Å². The van der Waals surface area contributed by atoms with E-state index in [1.54, 1.807) is 30.3 Å². The summed E-state index contributed by atoms with van der Waals surface area (Å²) in [6.07, 6.45) is 2.92. The largest absolute Gasteiger partial charge is 0.271 e. The highest BCUT2D eigenvalue weighted by Gasteiger charge is 2.10. The van der Waals surface area contributed by atoms with Crippen molar-refractivity contribution in [3.63, 3.8) is 0 Å². The van der Waals surface area contributed by atoms with Gasteiger partial charge in [0.1, 0.15) is 0 Å². The van der Waals surface area contributed by atoms with Gasteiger partial charge in [-0.05, 0) is 24.3 Å². The molecule has 0 aliphatic heterocycles. The van der Waals surface area contributed by atoms with Crippen LogP contribution >= 0.6 is 34.5 Å². The summed E-state index contributed by atoms with van der Waals surface area (Å²) in [5.41, 5.74) is 4.90. The number of amides is 2. The Balaban J connectivity index is 1.64. The van der Waals surface area contributed by atoms with Crippen LogP contribution in [0.3, 0.4) is 0 Å². The Labute approximate surface area is 158 Å². The Hall–Kier alpha value is -2.34. The van der Waals surface area contributed by atoms with Gasteiger partial charge < -0.3 is 0 Å². The lowest BCUT2D eigenvalue weighted by Crippen LogP contribution is -2.40. The normalized spacial score (nSPS) is 11.0. The standard InChI is InChI=1S/C18H12Cl2N2O2S/c19-13-7-3-1-5-11(13)18(24)22-21-16(23)10-9-15-17(20)12-6-2-4-8-14(12)25-15/h1-10H,(H,21,23)(H,22,24)/b10-9+. The van der Waals surface area contributed by atoms with Crippen molar-refractivity contribution in [1.82, 2.24) is 10.9 Å². The molecule has 2 amide bonds. The third kappa shape index (κ3) is 4.02. The van der Waals surface area contributed by atoms with Crippen molar-refractivity contribution in [2.24, 2.45) is 0 Å². The first-order chi connectivity index (χ1) is 12.1. The van der Waals surface area contributed by atoms with Crippen LogP contribution in [0.1, 0.15) is 15.2 Å². The lowest BCUT2D eigenvalue weighted by molar-refractivity contribution is -0.117. The van der Waals surface area contributed by atoms with E-state index < -0.39 is 11.8 Å². The maximum absolute atomic E-state index is 12.0. The number of hydrogen-bond donors (Lipinski definition) is 2. The van der Waals surface area contributed by atoms with E-state index in [0.29, 0.717) is 10.0 Å². The second-order valence-electron chi connectivity index (χ2n) is 5.03. The van der Waals surface area contributed by atoms with Crippen LogP contribution in [0.4, 0.5) is 0 Å². The molecule has 0 saturated heterocycles. The Morgan fingerprint density at radius 2 is 1.68 bits per heavy atom. The zero-order chi connectivity index (χ0) is 17.8. The van der Waals surface area contributed by atoms with E-state index in [-0.39, 0.29) is 5.56 Å². The molecule has 2 N–H and O–H groups in total. The zero-order valence-corrected chi connectivity index (χ0v) is 15.1. The minimum atomic E-state index is -0.493. The number of hydrogen-bond acceptors (Lipinski definition) is 3. The highest BCUT2D eigenvalue weighted by atomic mass is 35.5. The van der Waals surface area contributed by atoms with Crippen molar-refractivity contribution in [2.45, 2.75) is 0 Å². The molecule has 0 aliphatic carbocycles. The molecule has 0 spiro atoms. The molecule has 25 heavy (non-hydrogen) atoms. The average Bonchev–Trinajstić information content (AvgIpc) is 2.94. The van der Waals surface area contributed by atoms with E-state index in [1.165, 1.54) is 17.4 Å². The third-order valence-corrected chi connectivity index (χ3v) is 5.35. The van der Waals surface area contributed by atoms with Crippen LogP contribution in [0, 0.1) is 0 Å². The Kier molecular flexibility index (Phi) is 5.38. The number of carbonyl (C=O) groups is 2. The molecule has 126 valence electrons. The highest BCUT2D eigenvalue weighted by Crippen LogP contribution is 2.35. The van der Waals surface area contributed by atoms with Crippen LogP contribution < -0.4 is 10.9 Å². The smallest absolute Gasteiger partial charge is 0.268 e. The number of benzene rings is 2. The summed E-state index contributed by atoms with van der Waals surface area (Å²) in [4.78, 5) is 24.6. The Morgan fingerprint density at radius 1 is 0.960 bits per heavy atom. The number of hydrazine groups is 1. The molecule has 3 aromatic rings. The van der Waals surface area contributed by atoms with E-state index in [2.05, 4.69) is 10.9 Å². The van der Waals surface area contributed by atoms with Gasteiger partial charge in [-0.3, -0.25) is 20.4 Å². The van der Waals surface area contributed by atoms with Crippen molar-refractivity contribution in [3.05, 3.63) is 75.1 Å². The van der Waals surface area contributed by atoms with Gasteiger partial charge in [-0.2, -0.15) is 0 Å². The van der Waals surface area contributed by atoms with Crippen molar-refractivity contribution in [2.75, 3.05) is 0 Å². The van der Waals surface area contributed by atoms with E-state index in [0.717, 1.165) is 15.0 Å². The maximum atomic E-state index is 12.0. The van der Waals surface area contributed by atoms with E-state index in [1.807, 2.05) is 24.3 Å². The highest BCUT2D eigenvalue weighted by molar-refractivity contribution is 7.20. The summed E-state index contributed by atoms with van der Waals surface area (Å²) >= 11 is 13.7. The minimum absolute atomic E-state index is 0.279. The van der Waals surface area contributed by atoms with Gasteiger partial charge in [0, 0.05) is 21.0 Å². The quantitative estimate of drug-likeness (QED) is 0.503. The first-order valence-electron chi connectivity index (χ1n) is 7.26. The van der Waals surface area contributed by atoms with Gasteiger partial charge in [0.15, 0.2) is 0 Å². The second-order valence-corrected chi connectivity index (χ2v) is 6.90. The fraction of sp³-hybridized carbons (Fsp3) is 0. The number of rotatable bonds is 3. The first kappa shape index (κ1) is 17.5. The molecule has 0 radical (unpaired) electrons. The van der Waals surface area contributed by atoms with Crippen molar-refractivity contribution >= 4 is 62.5 Å². The molecule has 0 unspecified atom stereocenters. The van der Waals surface area contributed by atoms with Gasteiger partial charge in [-0.1, -0.05) is 53.5 Å². The summed E-state index contributed by atoms with van der Waals surface area (Å²) in [5.74, 6) is -0.971. The Morgan fingerprint density at radius 3 is 2.44 bits per heavy atom. The molecular formula is C18H12Cl2N2O2S. The van der Waals surface area contributed by atoms with Gasteiger partial charge >= 0.3 is 0 Å². The Bertz CT molecular complexity index is 982. The predicted octanol–water partition coefficient (Wildman–Crippen LogP) is 4.68. The minimum Gasteiger partial charge on any atom is -0.268 e. The molecule has 7 heteroatoms. The summed E-state index contributed by atoms with van der Waals surface area (Å²) in [7, 11) is 0. The topological polar surface area (TPSA) is 58.2 Å². The van der Waals surface area contributed by atoms with Crippen LogP contribution in [0.5, 0.6) is 0 Å². The molecule has 2 aromatic carbocycles. The molecule has 0 atom stereocenters.